The molecule has 0 aliphatic heterocycles. The Kier molecular flexibility index (Phi) is 6.69. The number of hydrogen-bond acceptors (Lipinski definition) is 4. The Morgan fingerprint density at radius 3 is 2.67 bits per heavy atom. The molecule has 0 saturated carbocycles. The molecule has 2 aromatic carbocycles. The molecule has 0 aliphatic rings. The quantitative estimate of drug-likeness (QED) is 0.542. The summed E-state index contributed by atoms with van der Waals surface area (Å²) in [5.74, 6) is -0.489. The van der Waals surface area contributed by atoms with Crippen LogP contribution in [0.25, 0.3) is 0 Å². The van der Waals surface area contributed by atoms with Crippen LogP contribution in [0, 0.1) is 5.82 Å². The van der Waals surface area contributed by atoms with Crippen molar-refractivity contribution in [2.24, 2.45) is 0 Å². The molecule has 30 heavy (non-hydrogen) atoms. The summed E-state index contributed by atoms with van der Waals surface area (Å²) in [6.45, 7) is 2.01. The third-order valence-electron chi connectivity index (χ3n) is 4.41. The number of rotatable bonds is 7. The predicted molar refractivity (Wildman–Crippen MR) is 110 cm³/mol. The first-order valence-electron chi connectivity index (χ1n) is 9.28. The fourth-order valence-electron chi connectivity index (χ4n) is 2.82. The number of anilines is 1. The van der Waals surface area contributed by atoms with Gasteiger partial charge in [-0.15, -0.1) is 0 Å². The van der Waals surface area contributed by atoms with Crippen LogP contribution in [-0.2, 0) is 6.54 Å². The number of benzene rings is 2. The lowest BCUT2D eigenvalue weighted by Gasteiger charge is -2.16. The van der Waals surface area contributed by atoms with Crippen molar-refractivity contribution in [3.63, 3.8) is 0 Å². The van der Waals surface area contributed by atoms with Crippen LogP contribution in [0.5, 0.6) is 5.75 Å². The number of hydrogen-bond donors (Lipinski definition) is 3. The van der Waals surface area contributed by atoms with Crippen molar-refractivity contribution in [3.8, 4) is 5.75 Å². The summed E-state index contributed by atoms with van der Waals surface area (Å²) in [7, 11) is 1.39. The number of nitrogens with one attached hydrogen (secondary N) is 3. The summed E-state index contributed by atoms with van der Waals surface area (Å²) in [4.78, 5) is 24.3. The maximum atomic E-state index is 13.8. The second-order valence-electron chi connectivity index (χ2n) is 6.57. The molecule has 1 aromatic heterocycles. The van der Waals surface area contributed by atoms with E-state index in [1.54, 1.807) is 43.3 Å². The molecule has 1 atom stereocenters. The molecule has 0 spiro atoms. The molecular weight excluding hydrogens is 389 g/mol. The van der Waals surface area contributed by atoms with Gasteiger partial charge in [0.2, 0.25) is 0 Å². The van der Waals surface area contributed by atoms with E-state index in [0.717, 1.165) is 5.56 Å². The molecule has 0 fully saturated rings. The summed E-state index contributed by atoms with van der Waals surface area (Å²) >= 11 is 0. The Morgan fingerprint density at radius 1 is 1.13 bits per heavy atom. The SMILES string of the molecule is COc1ccc(C(C)NC(=O)NCc2cccc(NC(=O)c3ccco3)c2)cc1F. The lowest BCUT2D eigenvalue weighted by Crippen LogP contribution is -2.36. The molecule has 1 unspecified atom stereocenters. The van der Waals surface area contributed by atoms with Gasteiger partial charge >= 0.3 is 6.03 Å². The maximum absolute atomic E-state index is 13.8. The average Bonchev–Trinajstić information content (AvgIpc) is 3.27. The van der Waals surface area contributed by atoms with Gasteiger partial charge in [0.1, 0.15) is 0 Å². The van der Waals surface area contributed by atoms with Crippen LogP contribution in [0.3, 0.4) is 0 Å². The molecule has 0 aliphatic carbocycles. The summed E-state index contributed by atoms with van der Waals surface area (Å²) < 4.78 is 23.8. The molecule has 0 radical (unpaired) electrons. The van der Waals surface area contributed by atoms with E-state index in [1.165, 1.54) is 25.5 Å². The summed E-state index contributed by atoms with van der Waals surface area (Å²) in [5, 5.41) is 8.24. The van der Waals surface area contributed by atoms with Gasteiger partial charge in [-0.1, -0.05) is 18.2 Å². The molecule has 3 aromatic rings. The van der Waals surface area contributed by atoms with Gasteiger partial charge in [-0.05, 0) is 54.4 Å². The van der Waals surface area contributed by atoms with Gasteiger partial charge in [0.15, 0.2) is 17.3 Å². The van der Waals surface area contributed by atoms with E-state index in [4.69, 9.17) is 9.15 Å². The zero-order valence-electron chi connectivity index (χ0n) is 16.6. The smallest absolute Gasteiger partial charge is 0.315 e. The molecule has 8 heteroatoms. The number of urea groups is 1. The molecule has 0 bridgehead atoms. The minimum atomic E-state index is -0.488. The van der Waals surface area contributed by atoms with Crippen LogP contribution in [0.4, 0.5) is 14.9 Å². The highest BCUT2D eigenvalue weighted by atomic mass is 19.1. The largest absolute Gasteiger partial charge is 0.494 e. The third-order valence-corrected chi connectivity index (χ3v) is 4.41. The number of ether oxygens (including phenoxy) is 1. The van der Waals surface area contributed by atoms with Gasteiger partial charge in [-0.3, -0.25) is 4.79 Å². The standard InChI is InChI=1S/C22H22FN3O4/c1-14(16-8-9-19(29-2)18(23)12-16)25-22(28)24-13-15-5-3-6-17(11-15)26-21(27)20-7-4-10-30-20/h3-12,14H,13H2,1-2H3,(H,26,27)(H2,24,25,28). The molecule has 7 nitrogen and oxygen atoms in total. The molecule has 0 saturated heterocycles. The number of furan rings is 1. The van der Waals surface area contributed by atoms with Crippen molar-refractivity contribution in [3.05, 3.63) is 83.6 Å². The van der Waals surface area contributed by atoms with Gasteiger partial charge in [-0.2, -0.15) is 0 Å². The summed E-state index contributed by atoms with van der Waals surface area (Å²) in [6.07, 6.45) is 1.43. The first kappa shape index (κ1) is 20.9. The molecule has 1 heterocycles. The molecular formula is C22H22FN3O4. The predicted octanol–water partition coefficient (Wildman–Crippen LogP) is 4.24. The van der Waals surface area contributed by atoms with Crippen LogP contribution >= 0.6 is 0 Å². The maximum Gasteiger partial charge on any atom is 0.315 e. The second kappa shape index (κ2) is 9.60. The van der Waals surface area contributed by atoms with E-state index >= 15 is 0 Å². The van der Waals surface area contributed by atoms with Gasteiger partial charge in [-0.25, -0.2) is 9.18 Å². The zero-order valence-corrected chi connectivity index (χ0v) is 16.6. The zero-order chi connectivity index (χ0) is 21.5. The monoisotopic (exact) mass is 411 g/mol. The van der Waals surface area contributed by atoms with Crippen LogP contribution < -0.4 is 20.7 Å². The van der Waals surface area contributed by atoms with Crippen molar-refractivity contribution < 1.29 is 23.1 Å². The Balaban J connectivity index is 1.53. The Hall–Kier alpha value is -3.81. The van der Waals surface area contributed by atoms with Crippen LogP contribution in [-0.4, -0.2) is 19.0 Å². The second-order valence-corrected chi connectivity index (χ2v) is 6.57. The normalized spacial score (nSPS) is 11.4. The first-order valence-corrected chi connectivity index (χ1v) is 9.28. The van der Waals surface area contributed by atoms with Crippen LogP contribution in [0.1, 0.15) is 34.6 Å². The molecule has 3 N–H and O–H groups in total. The van der Waals surface area contributed by atoms with Crippen molar-refractivity contribution in [2.45, 2.75) is 19.5 Å². The Bertz CT molecular complexity index is 1020. The van der Waals surface area contributed by atoms with Crippen LogP contribution in [0.15, 0.2) is 65.3 Å². The van der Waals surface area contributed by atoms with Crippen molar-refractivity contribution in [2.75, 3.05) is 12.4 Å². The minimum Gasteiger partial charge on any atom is -0.494 e. The fraction of sp³-hybridized carbons (Fsp3) is 0.182. The number of amides is 3. The van der Waals surface area contributed by atoms with E-state index in [-0.39, 0.29) is 24.0 Å². The minimum absolute atomic E-state index is 0.148. The summed E-state index contributed by atoms with van der Waals surface area (Å²) in [5.41, 5.74) is 2.00. The van der Waals surface area contributed by atoms with Gasteiger partial charge in [0.05, 0.1) is 19.4 Å². The molecule has 156 valence electrons. The molecule has 3 amide bonds. The van der Waals surface area contributed by atoms with E-state index in [0.29, 0.717) is 11.3 Å². The lowest BCUT2D eigenvalue weighted by atomic mass is 10.1. The van der Waals surface area contributed by atoms with Gasteiger partial charge in [0, 0.05) is 12.2 Å². The van der Waals surface area contributed by atoms with Crippen molar-refractivity contribution in [1.29, 1.82) is 0 Å². The molecule has 3 rings (SSSR count). The van der Waals surface area contributed by atoms with Crippen LogP contribution in [0.2, 0.25) is 0 Å². The Labute approximate surface area is 173 Å². The van der Waals surface area contributed by atoms with E-state index in [1.807, 2.05) is 6.07 Å². The highest BCUT2D eigenvalue weighted by molar-refractivity contribution is 6.02. The van der Waals surface area contributed by atoms with E-state index in [2.05, 4.69) is 16.0 Å². The average molecular weight is 411 g/mol. The van der Waals surface area contributed by atoms with E-state index in [9.17, 15) is 14.0 Å². The highest BCUT2D eigenvalue weighted by Crippen LogP contribution is 2.21. The Morgan fingerprint density at radius 2 is 1.97 bits per heavy atom. The van der Waals surface area contributed by atoms with Gasteiger partial charge < -0.3 is 25.1 Å². The summed E-state index contributed by atoms with van der Waals surface area (Å²) in [6, 6.07) is 14.0. The number of halogens is 1. The fourth-order valence-corrected chi connectivity index (χ4v) is 2.82. The number of methoxy groups -OCH3 is 1. The van der Waals surface area contributed by atoms with Crippen molar-refractivity contribution >= 4 is 17.6 Å². The first-order chi connectivity index (χ1) is 14.5. The van der Waals surface area contributed by atoms with Gasteiger partial charge in [0.25, 0.3) is 5.91 Å². The van der Waals surface area contributed by atoms with Crippen molar-refractivity contribution in [1.82, 2.24) is 10.6 Å². The third kappa shape index (κ3) is 5.38. The lowest BCUT2D eigenvalue weighted by molar-refractivity contribution is 0.0996. The number of carbonyl (C=O) groups is 2. The van der Waals surface area contributed by atoms with E-state index < -0.39 is 17.9 Å². The highest BCUT2D eigenvalue weighted by Gasteiger charge is 2.13. The number of carbonyl (C=O) groups excluding carboxylic acids is 2. The topological polar surface area (TPSA) is 92.6 Å².